The zero-order chi connectivity index (χ0) is 23.8. The number of rotatable bonds is 10. The van der Waals surface area contributed by atoms with Crippen molar-refractivity contribution in [2.45, 2.75) is 13.3 Å². The molecule has 6 nitrogen and oxygen atoms in total. The average molecular weight is 511 g/mol. The summed E-state index contributed by atoms with van der Waals surface area (Å²) < 4.78 is 21.3. The largest absolute Gasteiger partial charge is 1.00 e. The molecule has 0 fully saturated rings. The van der Waals surface area contributed by atoms with Gasteiger partial charge in [0.1, 0.15) is 25.9 Å². The molecule has 0 aliphatic carbocycles. The van der Waals surface area contributed by atoms with E-state index in [0.717, 1.165) is 46.6 Å². The first kappa shape index (κ1) is 32.1. The molecule has 0 unspecified atom stereocenters. The fourth-order valence-electron chi connectivity index (χ4n) is 3.56. The van der Waals surface area contributed by atoms with E-state index in [-0.39, 0.29) is 64.9 Å². The molecule has 0 aliphatic heterocycles. The van der Waals surface area contributed by atoms with Crippen molar-refractivity contribution in [1.82, 2.24) is 4.90 Å². The number of allylic oxidation sites excluding steroid dienone is 1. The Hall–Kier alpha value is -0.890. The second-order valence-corrected chi connectivity index (χ2v) is 8.89. The molecule has 9 heteroatoms. The molecule has 0 aliphatic rings. The van der Waals surface area contributed by atoms with Crippen LogP contribution in [0.25, 0.3) is 11.1 Å². The monoisotopic (exact) mass is 511 g/mol. The van der Waals surface area contributed by atoms with E-state index in [4.69, 9.17) is 4.74 Å². The summed E-state index contributed by atoms with van der Waals surface area (Å²) in [5.41, 5.74) is 5.15. The first-order valence-electron chi connectivity index (χ1n) is 10.8. The van der Waals surface area contributed by atoms with E-state index in [2.05, 4.69) is 28.5 Å². The second-order valence-electron chi connectivity index (χ2n) is 7.81. The zero-order valence-electron chi connectivity index (χ0n) is 21.1. The maximum Gasteiger partial charge on any atom is 1.00 e. The minimum absolute atomic E-state index is 0. The van der Waals surface area contributed by atoms with Gasteiger partial charge in [-0.2, -0.15) is 0 Å². The molecule has 35 heavy (non-hydrogen) atoms. The van der Waals surface area contributed by atoms with Crippen LogP contribution in [0.4, 0.5) is 0 Å². The Bertz CT molecular complexity index is 1110. The zero-order valence-corrected chi connectivity index (χ0v) is 26.0. The van der Waals surface area contributed by atoms with Gasteiger partial charge in [0.25, 0.3) is 0 Å². The maximum absolute atomic E-state index is 11.0. The van der Waals surface area contributed by atoms with Gasteiger partial charge in [0, 0.05) is 6.54 Å². The van der Waals surface area contributed by atoms with Crippen LogP contribution in [-0.2, 0) is 4.57 Å². The van der Waals surface area contributed by atoms with Gasteiger partial charge in [-0.3, -0.25) is 0 Å². The van der Waals surface area contributed by atoms with Gasteiger partial charge in [-0.05, 0) is 72.6 Å². The number of hydrogen-bond donors (Lipinski definition) is 0. The molecule has 0 heterocycles. The van der Waals surface area contributed by atoms with E-state index in [1.165, 1.54) is 12.1 Å². The minimum Gasteiger partial charge on any atom is -0.780 e. The Labute approximate surface area is 252 Å². The molecule has 0 bridgehead atoms. The van der Waals surface area contributed by atoms with Gasteiger partial charge >= 0.3 is 59.1 Å². The topological polar surface area (TPSA) is 84.9 Å². The Morgan fingerprint density at radius 3 is 1.77 bits per heavy atom. The van der Waals surface area contributed by atoms with Crippen LogP contribution in [0.15, 0.2) is 78.9 Å². The van der Waals surface area contributed by atoms with Gasteiger partial charge in [0.05, 0.1) is 0 Å². The standard InChI is InChI=1S/C26H30NO5P.2Na/c1-4-25(20-8-6-5-7-9-20)26(22-12-16-24(17-13-22)32-33(28,29)30)21-10-14-23(15-11-21)31-19-18-27(2)3;;/h5-17H,4,18-19H2,1-3H3,(H2,28,29,30);;/q;2*+1/p-2/b26-25+;;. The van der Waals surface area contributed by atoms with Crippen molar-refractivity contribution in [1.29, 1.82) is 0 Å². The fourth-order valence-corrected chi connectivity index (χ4v) is 3.94. The molecule has 0 amide bonds. The van der Waals surface area contributed by atoms with Crippen LogP contribution in [0.2, 0.25) is 0 Å². The van der Waals surface area contributed by atoms with Gasteiger partial charge in [-0.15, -0.1) is 0 Å². The summed E-state index contributed by atoms with van der Waals surface area (Å²) in [4.78, 5) is 24.0. The maximum atomic E-state index is 11.0. The summed E-state index contributed by atoms with van der Waals surface area (Å²) in [5, 5.41) is 0. The molecular weight excluding hydrogens is 483 g/mol. The van der Waals surface area contributed by atoms with Crippen molar-refractivity contribution < 1.29 is 82.7 Å². The van der Waals surface area contributed by atoms with Crippen LogP contribution in [0.1, 0.15) is 30.0 Å². The number of nitrogens with zero attached hydrogens (tertiary/aromatic N) is 1. The first-order valence-corrected chi connectivity index (χ1v) is 12.2. The van der Waals surface area contributed by atoms with Crippen LogP contribution >= 0.6 is 7.82 Å². The number of phosphoric ester groups is 1. The van der Waals surface area contributed by atoms with Crippen molar-refractivity contribution in [2.75, 3.05) is 27.2 Å². The van der Waals surface area contributed by atoms with E-state index in [0.29, 0.717) is 6.61 Å². The predicted molar refractivity (Wildman–Crippen MR) is 128 cm³/mol. The minimum atomic E-state index is -5.11. The number of phosphoric acid groups is 1. The third-order valence-electron chi connectivity index (χ3n) is 5.09. The smallest absolute Gasteiger partial charge is 0.780 e. The molecule has 0 spiro atoms. The third-order valence-corrected chi connectivity index (χ3v) is 5.52. The average Bonchev–Trinajstić information content (AvgIpc) is 2.78. The van der Waals surface area contributed by atoms with E-state index in [9.17, 15) is 14.4 Å². The summed E-state index contributed by atoms with van der Waals surface area (Å²) in [7, 11) is -1.10. The molecule has 0 atom stereocenters. The van der Waals surface area contributed by atoms with Crippen molar-refractivity contribution in [3.8, 4) is 11.5 Å². The van der Waals surface area contributed by atoms with Gasteiger partial charge in [0.15, 0.2) is 0 Å². The van der Waals surface area contributed by atoms with Crippen LogP contribution < -0.4 is 78.2 Å². The summed E-state index contributed by atoms with van der Waals surface area (Å²) in [6.07, 6.45) is 0.787. The van der Waals surface area contributed by atoms with E-state index in [1.807, 2.05) is 56.6 Å². The van der Waals surface area contributed by atoms with Crippen molar-refractivity contribution in [3.05, 3.63) is 95.6 Å². The van der Waals surface area contributed by atoms with E-state index in [1.54, 1.807) is 12.1 Å². The van der Waals surface area contributed by atoms with Gasteiger partial charge < -0.3 is 28.5 Å². The van der Waals surface area contributed by atoms with Gasteiger partial charge in [-0.1, -0.05) is 61.5 Å². The molecule has 3 aromatic carbocycles. The summed E-state index contributed by atoms with van der Waals surface area (Å²) in [6, 6.07) is 24.6. The van der Waals surface area contributed by atoms with Gasteiger partial charge in [-0.25, -0.2) is 0 Å². The molecule has 0 saturated heterocycles. The normalized spacial score (nSPS) is 11.7. The molecule has 174 valence electrons. The number of hydrogen-bond acceptors (Lipinski definition) is 6. The van der Waals surface area contributed by atoms with Crippen LogP contribution in [0.3, 0.4) is 0 Å². The third kappa shape index (κ3) is 10.2. The van der Waals surface area contributed by atoms with Crippen molar-refractivity contribution in [3.63, 3.8) is 0 Å². The Morgan fingerprint density at radius 2 is 1.31 bits per heavy atom. The van der Waals surface area contributed by atoms with Crippen molar-refractivity contribution in [2.24, 2.45) is 0 Å². The number of ether oxygens (including phenoxy) is 1. The van der Waals surface area contributed by atoms with Gasteiger partial charge in [0.2, 0.25) is 0 Å². The molecular formula is C26H28NNa2O5P. The van der Waals surface area contributed by atoms with E-state index >= 15 is 0 Å². The first-order chi connectivity index (χ1) is 15.8. The quantitative estimate of drug-likeness (QED) is 0.182. The Balaban J connectivity index is 0.00000306. The van der Waals surface area contributed by atoms with Crippen molar-refractivity contribution >= 4 is 19.0 Å². The summed E-state index contributed by atoms with van der Waals surface area (Å²) in [5.74, 6) is 0.789. The Kier molecular flexibility index (Phi) is 14.1. The molecule has 3 aromatic rings. The fraction of sp³-hybridized carbons (Fsp3) is 0.231. The van der Waals surface area contributed by atoms with Crippen LogP contribution in [0, 0.1) is 0 Å². The summed E-state index contributed by atoms with van der Waals surface area (Å²) >= 11 is 0. The second kappa shape index (κ2) is 15.4. The molecule has 0 saturated carbocycles. The van der Waals surface area contributed by atoms with E-state index < -0.39 is 7.82 Å². The summed E-state index contributed by atoms with van der Waals surface area (Å²) in [6.45, 7) is 3.53. The number of likely N-dealkylation sites (N-methyl/N-ethyl adjacent to an activating group) is 1. The molecule has 0 N–H and O–H groups in total. The van der Waals surface area contributed by atoms with Crippen LogP contribution in [-0.4, -0.2) is 32.1 Å². The predicted octanol–water partition coefficient (Wildman–Crippen LogP) is -1.79. The Morgan fingerprint density at radius 1 is 0.800 bits per heavy atom. The SMILES string of the molecule is CC/C(=C(/c1ccc(OCCN(C)C)cc1)c1ccc(OP(=O)([O-])[O-])cc1)c1ccccc1.[Na+].[Na+]. The molecule has 0 radical (unpaired) electrons. The number of benzene rings is 3. The van der Waals surface area contributed by atoms with Crippen LogP contribution in [0.5, 0.6) is 11.5 Å². The molecule has 0 aromatic heterocycles. The molecule has 3 rings (SSSR count).